The second-order valence-corrected chi connectivity index (χ2v) is 6.00. The van der Waals surface area contributed by atoms with E-state index in [9.17, 15) is 0 Å². The Kier molecular flexibility index (Phi) is 5.83. The van der Waals surface area contributed by atoms with E-state index < -0.39 is 0 Å². The zero-order valence-electron chi connectivity index (χ0n) is 12.9. The van der Waals surface area contributed by atoms with Crippen molar-refractivity contribution in [3.05, 3.63) is 63.1 Å². The summed E-state index contributed by atoms with van der Waals surface area (Å²) in [6, 6.07) is 12.6. The van der Waals surface area contributed by atoms with Crippen LogP contribution in [0.5, 0.6) is 5.75 Å². The molecule has 0 saturated heterocycles. The minimum atomic E-state index is 0.599. The van der Waals surface area contributed by atoms with E-state index in [0.717, 1.165) is 23.3 Å². The largest absolute Gasteiger partial charge is 0.489 e. The fraction of sp³-hybridized carbons (Fsp3) is 0.333. The average molecular weight is 348 g/mol. The van der Waals surface area contributed by atoms with Crippen molar-refractivity contribution < 1.29 is 4.74 Å². The quantitative estimate of drug-likeness (QED) is 0.813. The molecule has 0 bridgehead atoms. The zero-order chi connectivity index (χ0) is 15.2. The molecule has 0 spiro atoms. The lowest BCUT2D eigenvalue weighted by atomic mass is 10.1. The molecule has 0 fully saturated rings. The number of hydrogen-bond acceptors (Lipinski definition) is 2. The summed E-state index contributed by atoms with van der Waals surface area (Å²) in [6.07, 6.45) is 0. The fourth-order valence-corrected chi connectivity index (χ4v) is 2.51. The van der Waals surface area contributed by atoms with Crippen LogP contribution >= 0.6 is 15.9 Å². The molecule has 0 aliphatic rings. The lowest BCUT2D eigenvalue weighted by Crippen LogP contribution is -2.14. The Morgan fingerprint density at radius 3 is 2.29 bits per heavy atom. The molecule has 2 nitrogen and oxygen atoms in total. The van der Waals surface area contributed by atoms with Gasteiger partial charge in [0.05, 0.1) is 0 Å². The van der Waals surface area contributed by atoms with E-state index in [0.29, 0.717) is 6.61 Å². The van der Waals surface area contributed by atoms with Crippen molar-refractivity contribution in [1.29, 1.82) is 0 Å². The number of halogens is 1. The van der Waals surface area contributed by atoms with Crippen LogP contribution in [0.15, 0.2) is 40.9 Å². The molecule has 0 unspecified atom stereocenters. The van der Waals surface area contributed by atoms with Gasteiger partial charge in [-0.1, -0.05) is 47.1 Å². The summed E-state index contributed by atoms with van der Waals surface area (Å²) in [5, 5.41) is 3.37. The van der Waals surface area contributed by atoms with Crippen LogP contribution in [0.3, 0.4) is 0 Å². The van der Waals surface area contributed by atoms with Crippen LogP contribution in [0.25, 0.3) is 0 Å². The Balaban J connectivity index is 2.09. The minimum Gasteiger partial charge on any atom is -0.489 e. The summed E-state index contributed by atoms with van der Waals surface area (Å²) in [5.74, 6) is 0.923. The summed E-state index contributed by atoms with van der Waals surface area (Å²) < 4.78 is 7.14. The average Bonchev–Trinajstić information content (AvgIpc) is 2.49. The van der Waals surface area contributed by atoms with E-state index in [2.05, 4.69) is 78.4 Å². The fourth-order valence-electron chi connectivity index (χ4n) is 2.28. The Morgan fingerprint density at radius 1 is 1.05 bits per heavy atom. The predicted molar refractivity (Wildman–Crippen MR) is 91.8 cm³/mol. The van der Waals surface area contributed by atoms with Crippen LogP contribution in [0.4, 0.5) is 0 Å². The standard InChI is InChI=1S/C18H22BrNO/c1-4-20-11-15-7-5-6-8-16(15)12-21-17-9-13(2)18(19)14(3)10-17/h5-10,20H,4,11-12H2,1-3H3. The summed E-state index contributed by atoms with van der Waals surface area (Å²) in [6.45, 7) is 8.75. The van der Waals surface area contributed by atoms with Gasteiger partial charge < -0.3 is 10.1 Å². The topological polar surface area (TPSA) is 21.3 Å². The zero-order valence-corrected chi connectivity index (χ0v) is 14.5. The maximum absolute atomic E-state index is 5.98. The van der Waals surface area contributed by atoms with Crippen molar-refractivity contribution in [2.45, 2.75) is 33.9 Å². The lowest BCUT2D eigenvalue weighted by Gasteiger charge is -2.13. The van der Waals surface area contributed by atoms with Crippen molar-refractivity contribution in [1.82, 2.24) is 5.32 Å². The molecule has 2 rings (SSSR count). The van der Waals surface area contributed by atoms with Gasteiger partial charge in [0.2, 0.25) is 0 Å². The van der Waals surface area contributed by atoms with Crippen molar-refractivity contribution in [2.75, 3.05) is 6.54 Å². The summed E-state index contributed by atoms with van der Waals surface area (Å²) in [5.41, 5.74) is 4.93. The number of benzene rings is 2. The Labute approximate surface area is 135 Å². The van der Waals surface area contributed by atoms with Gasteiger partial charge in [-0.25, -0.2) is 0 Å². The van der Waals surface area contributed by atoms with Crippen LogP contribution < -0.4 is 10.1 Å². The molecule has 21 heavy (non-hydrogen) atoms. The molecule has 112 valence electrons. The summed E-state index contributed by atoms with van der Waals surface area (Å²) >= 11 is 3.59. The molecule has 2 aromatic carbocycles. The Bertz CT molecular complexity index is 587. The molecule has 0 amide bonds. The van der Waals surface area contributed by atoms with E-state index >= 15 is 0 Å². The maximum atomic E-state index is 5.98. The van der Waals surface area contributed by atoms with Crippen molar-refractivity contribution in [2.24, 2.45) is 0 Å². The molecule has 0 atom stereocenters. The smallest absolute Gasteiger partial charge is 0.120 e. The van der Waals surface area contributed by atoms with Crippen LogP contribution in [0.2, 0.25) is 0 Å². The van der Waals surface area contributed by atoms with Gasteiger partial charge in [0.15, 0.2) is 0 Å². The summed E-state index contributed by atoms with van der Waals surface area (Å²) in [7, 11) is 0. The first-order valence-electron chi connectivity index (χ1n) is 7.29. The predicted octanol–water partition coefficient (Wildman–Crippen LogP) is 4.75. The lowest BCUT2D eigenvalue weighted by molar-refractivity contribution is 0.304. The van der Waals surface area contributed by atoms with Crippen molar-refractivity contribution >= 4 is 15.9 Å². The molecule has 0 radical (unpaired) electrons. The van der Waals surface area contributed by atoms with E-state index in [1.54, 1.807) is 0 Å². The molecule has 0 saturated carbocycles. The molecule has 0 aliphatic heterocycles. The van der Waals surface area contributed by atoms with E-state index in [1.165, 1.54) is 22.3 Å². The number of hydrogen-bond donors (Lipinski definition) is 1. The normalized spacial score (nSPS) is 10.7. The van der Waals surface area contributed by atoms with Gasteiger partial charge in [-0.2, -0.15) is 0 Å². The van der Waals surface area contributed by atoms with E-state index in [4.69, 9.17) is 4.74 Å². The highest BCUT2D eigenvalue weighted by Gasteiger charge is 2.05. The van der Waals surface area contributed by atoms with Gasteiger partial charge in [-0.05, 0) is 54.8 Å². The van der Waals surface area contributed by atoms with Crippen molar-refractivity contribution in [3.8, 4) is 5.75 Å². The third-order valence-electron chi connectivity index (χ3n) is 3.49. The second-order valence-electron chi connectivity index (χ2n) is 5.21. The SMILES string of the molecule is CCNCc1ccccc1COc1cc(C)c(Br)c(C)c1. The van der Waals surface area contributed by atoms with Gasteiger partial charge in [0.25, 0.3) is 0 Å². The molecule has 2 aromatic rings. The van der Waals surface area contributed by atoms with Gasteiger partial charge in [-0.15, -0.1) is 0 Å². The maximum Gasteiger partial charge on any atom is 0.120 e. The van der Waals surface area contributed by atoms with Gasteiger partial charge >= 0.3 is 0 Å². The molecule has 1 N–H and O–H groups in total. The highest BCUT2D eigenvalue weighted by Crippen LogP contribution is 2.27. The second kappa shape index (κ2) is 7.62. The van der Waals surface area contributed by atoms with Crippen LogP contribution in [-0.2, 0) is 13.2 Å². The number of aryl methyl sites for hydroxylation is 2. The van der Waals surface area contributed by atoms with Gasteiger partial charge in [0, 0.05) is 11.0 Å². The molecular weight excluding hydrogens is 326 g/mol. The summed E-state index contributed by atoms with van der Waals surface area (Å²) in [4.78, 5) is 0. The number of nitrogens with one attached hydrogen (secondary N) is 1. The number of ether oxygens (including phenoxy) is 1. The number of rotatable bonds is 6. The van der Waals surface area contributed by atoms with E-state index in [-0.39, 0.29) is 0 Å². The van der Waals surface area contributed by atoms with Crippen LogP contribution in [-0.4, -0.2) is 6.54 Å². The third kappa shape index (κ3) is 4.32. The molecule has 0 heterocycles. The van der Waals surface area contributed by atoms with Gasteiger partial charge in [-0.3, -0.25) is 0 Å². The van der Waals surface area contributed by atoms with Crippen molar-refractivity contribution in [3.63, 3.8) is 0 Å². The molecule has 0 aromatic heterocycles. The molecule has 0 aliphatic carbocycles. The van der Waals surface area contributed by atoms with Crippen LogP contribution in [0.1, 0.15) is 29.2 Å². The third-order valence-corrected chi connectivity index (χ3v) is 4.74. The van der Waals surface area contributed by atoms with E-state index in [1.807, 2.05) is 0 Å². The van der Waals surface area contributed by atoms with Crippen LogP contribution in [0, 0.1) is 13.8 Å². The Hall–Kier alpha value is -1.32. The minimum absolute atomic E-state index is 0.599. The molecule has 3 heteroatoms. The Morgan fingerprint density at radius 2 is 1.67 bits per heavy atom. The van der Waals surface area contributed by atoms with Gasteiger partial charge in [0.1, 0.15) is 12.4 Å². The highest BCUT2D eigenvalue weighted by atomic mass is 79.9. The highest BCUT2D eigenvalue weighted by molar-refractivity contribution is 9.10. The molecular formula is C18H22BrNO. The first-order chi connectivity index (χ1) is 10.1. The first kappa shape index (κ1) is 16.1. The first-order valence-corrected chi connectivity index (χ1v) is 8.08. The monoisotopic (exact) mass is 347 g/mol.